The van der Waals surface area contributed by atoms with E-state index >= 15 is 0 Å². The van der Waals surface area contributed by atoms with Gasteiger partial charge in [-0.05, 0) is 0 Å². The highest BCUT2D eigenvalue weighted by Gasteiger charge is 2.05. The molecule has 0 aromatic carbocycles. The number of amides is 1. The van der Waals surface area contributed by atoms with Crippen LogP contribution in [0.5, 0.6) is 0 Å². The molecule has 1 N–H and O–H groups in total. The van der Waals surface area contributed by atoms with Crippen LogP contribution >= 0.6 is 0 Å². The van der Waals surface area contributed by atoms with Crippen LogP contribution in [-0.2, 0) is 4.79 Å². The van der Waals surface area contributed by atoms with E-state index in [1.165, 1.54) is 0 Å². The van der Waals surface area contributed by atoms with Gasteiger partial charge in [-0.25, -0.2) is 5.32 Å². The van der Waals surface area contributed by atoms with Crippen LogP contribution < -0.4 is 10.6 Å². The minimum Gasteiger partial charge on any atom is -0.341 e. The molecule has 1 amide bonds. The van der Waals surface area contributed by atoms with Crippen molar-refractivity contribution in [3.63, 3.8) is 0 Å². The molecule has 0 aromatic rings. The molecule has 0 saturated carbocycles. The molecule has 0 spiro atoms. The molecular formula is C3H5N2O. The molecule has 0 bridgehead atoms. The van der Waals surface area contributed by atoms with Gasteiger partial charge in [0.2, 0.25) is 5.91 Å². The van der Waals surface area contributed by atoms with E-state index in [9.17, 15) is 4.79 Å². The Morgan fingerprint density at radius 1 is 1.83 bits per heavy atom. The molecule has 0 unspecified atom stereocenters. The number of carbonyl (C=O) groups is 1. The number of nitrogens with zero attached hydrogens (tertiary/aromatic N) is 1. The van der Waals surface area contributed by atoms with E-state index in [4.69, 9.17) is 0 Å². The minimum atomic E-state index is 0.0370. The predicted octanol–water partition coefficient (Wildman–Crippen LogP) is -1.32. The van der Waals surface area contributed by atoms with Gasteiger partial charge in [0.15, 0.2) is 0 Å². The Balaban J connectivity index is 2.37. The SMILES string of the molecule is O=C1C[N]CN1. The zero-order chi connectivity index (χ0) is 4.41. The Kier molecular flexibility index (Phi) is 0.759. The van der Waals surface area contributed by atoms with Crippen molar-refractivity contribution in [2.75, 3.05) is 13.2 Å². The minimum absolute atomic E-state index is 0.0370. The number of rotatable bonds is 0. The van der Waals surface area contributed by atoms with Gasteiger partial charge in [-0.1, -0.05) is 0 Å². The molecular weight excluding hydrogens is 80.0 g/mol. The van der Waals surface area contributed by atoms with Crippen LogP contribution in [0.25, 0.3) is 0 Å². The summed E-state index contributed by atoms with van der Waals surface area (Å²) in [5, 5.41) is 6.22. The molecule has 1 rings (SSSR count). The Bertz CT molecular complexity index is 63.2. The fraction of sp³-hybridized carbons (Fsp3) is 0.667. The molecule has 1 radical (unpaired) electrons. The maximum atomic E-state index is 10.0. The van der Waals surface area contributed by atoms with Crippen molar-refractivity contribution in [2.24, 2.45) is 0 Å². The van der Waals surface area contributed by atoms with Gasteiger partial charge in [0.25, 0.3) is 0 Å². The lowest BCUT2D eigenvalue weighted by molar-refractivity contribution is -0.118. The first-order valence-corrected chi connectivity index (χ1v) is 1.79. The molecule has 3 heteroatoms. The standard InChI is InChI=1S/C3H5N2O/c6-3-1-4-2-5-3/h1-2H2,(H,5,6). The smallest absolute Gasteiger partial charge is 0.236 e. The Morgan fingerprint density at radius 2 is 2.67 bits per heavy atom. The maximum absolute atomic E-state index is 10.0. The largest absolute Gasteiger partial charge is 0.341 e. The van der Waals surface area contributed by atoms with Gasteiger partial charge in [0, 0.05) is 0 Å². The molecule has 6 heavy (non-hydrogen) atoms. The fourth-order valence-corrected chi connectivity index (χ4v) is 0.357. The van der Waals surface area contributed by atoms with Crippen LogP contribution in [0.3, 0.4) is 0 Å². The van der Waals surface area contributed by atoms with Gasteiger partial charge in [-0.2, -0.15) is 0 Å². The molecule has 1 aliphatic rings. The first kappa shape index (κ1) is 3.61. The lowest BCUT2D eigenvalue weighted by Crippen LogP contribution is -2.14. The van der Waals surface area contributed by atoms with E-state index in [2.05, 4.69) is 10.6 Å². The molecule has 1 saturated heterocycles. The Hall–Kier alpha value is -0.570. The first-order chi connectivity index (χ1) is 2.89. The van der Waals surface area contributed by atoms with E-state index in [1.54, 1.807) is 0 Å². The maximum Gasteiger partial charge on any atom is 0.236 e. The summed E-state index contributed by atoms with van der Waals surface area (Å²) in [4.78, 5) is 10.0. The summed E-state index contributed by atoms with van der Waals surface area (Å²) in [5.74, 6) is 0.0370. The van der Waals surface area contributed by atoms with Gasteiger partial charge >= 0.3 is 0 Å². The fourth-order valence-electron chi connectivity index (χ4n) is 0.357. The van der Waals surface area contributed by atoms with E-state index in [0.717, 1.165) is 0 Å². The average Bonchev–Trinajstić information content (AvgIpc) is 1.86. The van der Waals surface area contributed by atoms with Crippen molar-refractivity contribution in [1.29, 1.82) is 0 Å². The molecule has 0 aliphatic carbocycles. The summed E-state index contributed by atoms with van der Waals surface area (Å²) in [7, 11) is 0. The molecule has 0 aromatic heterocycles. The summed E-state index contributed by atoms with van der Waals surface area (Å²) in [5.41, 5.74) is 0. The Labute approximate surface area is 35.7 Å². The zero-order valence-corrected chi connectivity index (χ0v) is 3.27. The van der Waals surface area contributed by atoms with Crippen molar-refractivity contribution < 1.29 is 4.79 Å². The highest BCUT2D eigenvalue weighted by molar-refractivity contribution is 5.79. The number of nitrogens with one attached hydrogen (secondary N) is 1. The van der Waals surface area contributed by atoms with Crippen LogP contribution in [0, 0.1) is 0 Å². The average molecular weight is 85.1 g/mol. The first-order valence-electron chi connectivity index (χ1n) is 1.79. The van der Waals surface area contributed by atoms with Crippen LogP contribution in [-0.4, -0.2) is 19.1 Å². The Morgan fingerprint density at radius 3 is 2.83 bits per heavy atom. The third kappa shape index (κ3) is 0.490. The molecule has 1 heterocycles. The van der Waals surface area contributed by atoms with Crippen LogP contribution in [0.2, 0.25) is 0 Å². The van der Waals surface area contributed by atoms with Crippen LogP contribution in [0.4, 0.5) is 0 Å². The number of hydrogen-bond acceptors (Lipinski definition) is 1. The normalized spacial score (nSPS) is 21.0. The van der Waals surface area contributed by atoms with Crippen molar-refractivity contribution >= 4 is 5.91 Å². The highest BCUT2D eigenvalue weighted by atomic mass is 16.2. The second kappa shape index (κ2) is 1.26. The zero-order valence-electron chi connectivity index (χ0n) is 3.27. The van der Waals surface area contributed by atoms with Crippen molar-refractivity contribution in [3.05, 3.63) is 0 Å². The number of carbonyl (C=O) groups excluding carboxylic acids is 1. The second-order valence-corrected chi connectivity index (χ2v) is 1.14. The monoisotopic (exact) mass is 85.0 g/mol. The number of hydrogen-bond donors (Lipinski definition) is 1. The van der Waals surface area contributed by atoms with Crippen LogP contribution in [0.1, 0.15) is 0 Å². The van der Waals surface area contributed by atoms with E-state index in [0.29, 0.717) is 13.2 Å². The summed E-state index contributed by atoms with van der Waals surface area (Å²) in [6, 6.07) is 0. The lowest BCUT2D eigenvalue weighted by atomic mass is 10.7. The summed E-state index contributed by atoms with van der Waals surface area (Å²) >= 11 is 0. The highest BCUT2D eigenvalue weighted by Crippen LogP contribution is 1.70. The summed E-state index contributed by atoms with van der Waals surface area (Å²) in [6.45, 7) is 0.874. The van der Waals surface area contributed by atoms with Gasteiger partial charge in [-0.3, -0.25) is 4.79 Å². The summed E-state index contributed by atoms with van der Waals surface area (Å²) < 4.78 is 0. The van der Waals surface area contributed by atoms with Gasteiger partial charge in [0.1, 0.15) is 0 Å². The van der Waals surface area contributed by atoms with Crippen molar-refractivity contribution in [1.82, 2.24) is 10.6 Å². The van der Waals surface area contributed by atoms with E-state index < -0.39 is 0 Å². The van der Waals surface area contributed by atoms with Crippen LogP contribution in [0.15, 0.2) is 0 Å². The second-order valence-electron chi connectivity index (χ2n) is 1.14. The van der Waals surface area contributed by atoms with Crippen molar-refractivity contribution in [3.8, 4) is 0 Å². The molecule has 33 valence electrons. The lowest BCUT2D eigenvalue weighted by Gasteiger charge is -1.77. The third-order valence-corrected chi connectivity index (χ3v) is 0.643. The quantitative estimate of drug-likeness (QED) is 0.389. The topological polar surface area (TPSA) is 43.2 Å². The summed E-state index contributed by atoms with van der Waals surface area (Å²) in [6.07, 6.45) is 0. The van der Waals surface area contributed by atoms with Gasteiger partial charge in [0.05, 0.1) is 13.2 Å². The van der Waals surface area contributed by atoms with E-state index in [1.807, 2.05) is 0 Å². The third-order valence-electron chi connectivity index (χ3n) is 0.643. The molecule has 1 aliphatic heterocycles. The predicted molar refractivity (Wildman–Crippen MR) is 20.0 cm³/mol. The van der Waals surface area contributed by atoms with Crippen molar-refractivity contribution in [2.45, 2.75) is 0 Å². The van der Waals surface area contributed by atoms with E-state index in [-0.39, 0.29) is 5.91 Å². The molecule has 0 atom stereocenters. The van der Waals surface area contributed by atoms with Gasteiger partial charge in [-0.15, -0.1) is 0 Å². The van der Waals surface area contributed by atoms with Gasteiger partial charge < -0.3 is 5.32 Å². The molecule has 1 fully saturated rings. The molecule has 3 nitrogen and oxygen atoms in total.